The number of anilines is 1. The fraction of sp³-hybridized carbons (Fsp3) is 0.0833. The number of nitrogens with zero attached hydrogens (tertiary/aromatic N) is 1. The molecule has 29 heavy (non-hydrogen) atoms. The highest BCUT2D eigenvalue weighted by Crippen LogP contribution is 2.25. The maximum absolute atomic E-state index is 12.8. The van der Waals surface area contributed by atoms with E-state index >= 15 is 0 Å². The summed E-state index contributed by atoms with van der Waals surface area (Å²) in [6.45, 7) is 1.83. The van der Waals surface area contributed by atoms with E-state index in [1.54, 1.807) is 7.11 Å². The summed E-state index contributed by atoms with van der Waals surface area (Å²) in [6.07, 6.45) is 0. The average Bonchev–Trinajstić information content (AvgIpc) is 2.75. The summed E-state index contributed by atoms with van der Waals surface area (Å²) >= 11 is 0. The minimum atomic E-state index is -0.212. The number of aromatic nitrogens is 1. The van der Waals surface area contributed by atoms with Gasteiger partial charge < -0.3 is 14.8 Å². The molecular formula is C24H20N2O3. The lowest BCUT2D eigenvalue weighted by Crippen LogP contribution is -2.14. The molecule has 0 fully saturated rings. The lowest BCUT2D eigenvalue weighted by atomic mass is 10.1. The number of ether oxygens (including phenoxy) is 2. The number of pyridine rings is 1. The maximum atomic E-state index is 12.8. The number of fused-ring (bicyclic) bond motifs is 1. The minimum absolute atomic E-state index is 0.212. The Morgan fingerprint density at radius 2 is 1.55 bits per heavy atom. The quantitative estimate of drug-likeness (QED) is 0.487. The van der Waals surface area contributed by atoms with Crippen LogP contribution >= 0.6 is 0 Å². The van der Waals surface area contributed by atoms with Gasteiger partial charge >= 0.3 is 0 Å². The van der Waals surface area contributed by atoms with Gasteiger partial charge in [-0.3, -0.25) is 9.78 Å². The number of para-hydroxylation sites is 1. The van der Waals surface area contributed by atoms with Gasteiger partial charge in [0.2, 0.25) is 0 Å². The SMILES string of the molecule is COc1ccc2nc(C)c(C(=O)Nc3ccc(Oc4ccccc4)cc3)cc2c1. The van der Waals surface area contributed by atoms with E-state index in [9.17, 15) is 4.79 Å². The first-order chi connectivity index (χ1) is 14.1. The number of hydrogen-bond donors (Lipinski definition) is 1. The topological polar surface area (TPSA) is 60.5 Å². The molecule has 0 atom stereocenters. The van der Waals surface area contributed by atoms with E-state index in [1.165, 1.54) is 0 Å². The summed E-state index contributed by atoms with van der Waals surface area (Å²) in [4.78, 5) is 17.3. The molecule has 144 valence electrons. The molecule has 5 heteroatoms. The zero-order chi connectivity index (χ0) is 20.2. The van der Waals surface area contributed by atoms with E-state index in [0.717, 1.165) is 22.4 Å². The molecule has 1 aromatic heterocycles. The number of nitrogens with one attached hydrogen (secondary N) is 1. The van der Waals surface area contributed by atoms with E-state index in [2.05, 4.69) is 10.3 Å². The average molecular weight is 384 g/mol. The number of aryl methyl sites for hydroxylation is 1. The van der Waals surface area contributed by atoms with E-state index in [-0.39, 0.29) is 5.91 Å². The number of benzene rings is 3. The van der Waals surface area contributed by atoms with E-state index in [4.69, 9.17) is 9.47 Å². The Bertz CT molecular complexity index is 1160. The van der Waals surface area contributed by atoms with Crippen molar-refractivity contribution < 1.29 is 14.3 Å². The zero-order valence-electron chi connectivity index (χ0n) is 16.2. The van der Waals surface area contributed by atoms with Crippen molar-refractivity contribution in [3.63, 3.8) is 0 Å². The van der Waals surface area contributed by atoms with Crippen LogP contribution in [0, 0.1) is 6.92 Å². The van der Waals surface area contributed by atoms with Gasteiger partial charge in [0.1, 0.15) is 17.2 Å². The zero-order valence-corrected chi connectivity index (χ0v) is 16.2. The molecule has 0 bridgehead atoms. The van der Waals surface area contributed by atoms with Crippen LogP contribution in [0.5, 0.6) is 17.2 Å². The smallest absolute Gasteiger partial charge is 0.257 e. The van der Waals surface area contributed by atoms with E-state index < -0.39 is 0 Å². The first-order valence-corrected chi connectivity index (χ1v) is 9.22. The van der Waals surface area contributed by atoms with Crippen molar-refractivity contribution >= 4 is 22.5 Å². The van der Waals surface area contributed by atoms with Crippen molar-refractivity contribution in [1.82, 2.24) is 4.98 Å². The van der Waals surface area contributed by atoms with Crippen LogP contribution in [0.3, 0.4) is 0 Å². The lowest BCUT2D eigenvalue weighted by molar-refractivity contribution is 0.102. The summed E-state index contributed by atoms with van der Waals surface area (Å²) in [7, 11) is 1.61. The molecule has 0 spiro atoms. The number of amides is 1. The molecule has 3 aromatic carbocycles. The summed E-state index contributed by atoms with van der Waals surface area (Å²) in [5, 5.41) is 3.77. The summed E-state index contributed by atoms with van der Waals surface area (Å²) in [6, 6.07) is 24.2. The molecule has 0 radical (unpaired) electrons. The molecule has 0 saturated carbocycles. The van der Waals surface area contributed by atoms with Gasteiger partial charge in [0, 0.05) is 11.1 Å². The highest BCUT2D eigenvalue weighted by Gasteiger charge is 2.13. The highest BCUT2D eigenvalue weighted by molar-refractivity contribution is 6.06. The summed E-state index contributed by atoms with van der Waals surface area (Å²) in [5.74, 6) is 1.97. The van der Waals surface area contributed by atoms with Crippen LogP contribution in [0.25, 0.3) is 10.9 Å². The third kappa shape index (κ3) is 4.19. The number of rotatable bonds is 5. The molecule has 0 aliphatic heterocycles. The summed E-state index contributed by atoms with van der Waals surface area (Å²) in [5.41, 5.74) is 2.70. The van der Waals surface area contributed by atoms with Crippen LogP contribution in [0.1, 0.15) is 16.1 Å². The molecular weight excluding hydrogens is 364 g/mol. The van der Waals surface area contributed by atoms with Crippen molar-refractivity contribution in [3.05, 3.63) is 90.1 Å². The first-order valence-electron chi connectivity index (χ1n) is 9.22. The first kappa shape index (κ1) is 18.5. The van der Waals surface area contributed by atoms with Gasteiger partial charge in [-0.2, -0.15) is 0 Å². The lowest BCUT2D eigenvalue weighted by Gasteiger charge is -2.10. The van der Waals surface area contributed by atoms with Crippen LogP contribution in [0.4, 0.5) is 5.69 Å². The molecule has 4 aromatic rings. The molecule has 0 aliphatic carbocycles. The van der Waals surface area contributed by atoms with Crippen molar-refractivity contribution in [1.29, 1.82) is 0 Å². The molecule has 0 aliphatic rings. The second kappa shape index (κ2) is 8.02. The number of hydrogen-bond acceptors (Lipinski definition) is 4. The summed E-state index contributed by atoms with van der Waals surface area (Å²) < 4.78 is 11.0. The number of carbonyl (C=O) groups excluding carboxylic acids is 1. The van der Waals surface area contributed by atoms with Gasteiger partial charge in [0.15, 0.2) is 0 Å². The predicted octanol–water partition coefficient (Wildman–Crippen LogP) is 5.60. The van der Waals surface area contributed by atoms with Crippen molar-refractivity contribution in [3.8, 4) is 17.2 Å². The Kier molecular flexibility index (Phi) is 5.12. The van der Waals surface area contributed by atoms with Gasteiger partial charge in [-0.1, -0.05) is 18.2 Å². The molecule has 1 N–H and O–H groups in total. The van der Waals surface area contributed by atoms with Crippen LogP contribution in [-0.2, 0) is 0 Å². The molecule has 1 heterocycles. The van der Waals surface area contributed by atoms with E-state index in [1.807, 2.05) is 85.8 Å². The fourth-order valence-corrected chi connectivity index (χ4v) is 3.04. The Morgan fingerprint density at radius 1 is 0.862 bits per heavy atom. The van der Waals surface area contributed by atoms with Crippen LogP contribution in [-0.4, -0.2) is 18.0 Å². The number of carbonyl (C=O) groups is 1. The van der Waals surface area contributed by atoms with Crippen LogP contribution < -0.4 is 14.8 Å². The monoisotopic (exact) mass is 384 g/mol. The third-order valence-electron chi connectivity index (χ3n) is 4.55. The minimum Gasteiger partial charge on any atom is -0.497 e. The standard InChI is InChI=1S/C24H20N2O3/c1-16-22(15-17-14-21(28-2)12-13-23(17)25-16)24(27)26-18-8-10-20(11-9-18)29-19-6-4-3-5-7-19/h3-15H,1-2H3,(H,26,27). The molecule has 1 amide bonds. The fourth-order valence-electron chi connectivity index (χ4n) is 3.04. The second-order valence-corrected chi connectivity index (χ2v) is 6.57. The largest absolute Gasteiger partial charge is 0.497 e. The third-order valence-corrected chi connectivity index (χ3v) is 4.55. The van der Waals surface area contributed by atoms with Crippen molar-refractivity contribution in [2.24, 2.45) is 0 Å². The van der Waals surface area contributed by atoms with Gasteiger partial charge in [0.25, 0.3) is 5.91 Å². The second-order valence-electron chi connectivity index (χ2n) is 6.57. The van der Waals surface area contributed by atoms with Gasteiger partial charge in [-0.05, 0) is 67.6 Å². The molecule has 0 saturated heterocycles. The van der Waals surface area contributed by atoms with Crippen molar-refractivity contribution in [2.75, 3.05) is 12.4 Å². The highest BCUT2D eigenvalue weighted by atomic mass is 16.5. The Balaban J connectivity index is 1.52. The number of methoxy groups -OCH3 is 1. The van der Waals surface area contributed by atoms with Gasteiger partial charge in [-0.25, -0.2) is 0 Å². The van der Waals surface area contributed by atoms with Crippen LogP contribution in [0.2, 0.25) is 0 Å². The van der Waals surface area contributed by atoms with Gasteiger partial charge in [-0.15, -0.1) is 0 Å². The molecule has 4 rings (SSSR count). The Morgan fingerprint density at radius 3 is 2.28 bits per heavy atom. The van der Waals surface area contributed by atoms with Crippen LogP contribution in [0.15, 0.2) is 78.9 Å². The molecule has 5 nitrogen and oxygen atoms in total. The molecule has 0 unspecified atom stereocenters. The Hall–Kier alpha value is -3.86. The van der Waals surface area contributed by atoms with E-state index in [0.29, 0.717) is 22.7 Å². The maximum Gasteiger partial charge on any atom is 0.257 e. The van der Waals surface area contributed by atoms with Gasteiger partial charge in [0.05, 0.1) is 23.9 Å². The Labute approximate surface area is 168 Å². The van der Waals surface area contributed by atoms with Crippen molar-refractivity contribution in [2.45, 2.75) is 6.92 Å². The normalized spacial score (nSPS) is 10.6. The predicted molar refractivity (Wildman–Crippen MR) is 114 cm³/mol.